The third kappa shape index (κ3) is 1.81. The highest BCUT2D eigenvalue weighted by Gasteiger charge is 2.52. The van der Waals surface area contributed by atoms with Gasteiger partial charge in [-0.2, -0.15) is 12.6 Å². The Labute approximate surface area is 82.5 Å². The number of thiol groups is 1. The minimum atomic E-state index is 0.725. The second kappa shape index (κ2) is 4.04. The molecule has 0 aromatic rings. The van der Waals surface area contributed by atoms with Crippen LogP contribution in [0.25, 0.3) is 0 Å². The molecule has 0 nitrogen and oxygen atoms in total. The molecule has 1 rings (SSSR count). The van der Waals surface area contributed by atoms with Crippen LogP contribution in [0.1, 0.15) is 46.5 Å². The maximum atomic E-state index is 4.26. The van der Waals surface area contributed by atoms with Crippen molar-refractivity contribution in [2.75, 3.05) is 5.75 Å². The zero-order valence-electron chi connectivity index (χ0n) is 8.64. The first-order valence-corrected chi connectivity index (χ1v) is 5.91. The molecule has 1 aliphatic rings. The molecule has 1 fully saturated rings. The minimum Gasteiger partial charge on any atom is -0.179 e. The maximum Gasteiger partial charge on any atom is -0.00978 e. The Bertz CT molecular complexity index is 140. The first kappa shape index (κ1) is 10.4. The van der Waals surface area contributed by atoms with Gasteiger partial charge in [-0.05, 0) is 48.7 Å². The van der Waals surface area contributed by atoms with Gasteiger partial charge in [-0.3, -0.25) is 0 Å². The Kier molecular flexibility index (Phi) is 3.51. The van der Waals surface area contributed by atoms with Crippen LogP contribution in [0, 0.1) is 17.3 Å². The molecule has 3 atom stereocenters. The van der Waals surface area contributed by atoms with E-state index in [4.69, 9.17) is 0 Å². The van der Waals surface area contributed by atoms with Gasteiger partial charge in [-0.15, -0.1) is 0 Å². The van der Waals surface area contributed by atoms with Crippen molar-refractivity contribution in [3.8, 4) is 0 Å². The van der Waals surface area contributed by atoms with Gasteiger partial charge in [0.15, 0.2) is 0 Å². The quantitative estimate of drug-likeness (QED) is 0.621. The lowest BCUT2D eigenvalue weighted by atomic mass is 9.83. The third-order valence-electron chi connectivity index (χ3n) is 3.94. The van der Waals surface area contributed by atoms with Crippen LogP contribution in [0.15, 0.2) is 0 Å². The fourth-order valence-corrected chi connectivity index (χ4v) is 2.91. The van der Waals surface area contributed by atoms with Crippen molar-refractivity contribution in [3.05, 3.63) is 0 Å². The van der Waals surface area contributed by atoms with Crippen LogP contribution in [-0.2, 0) is 0 Å². The Morgan fingerprint density at radius 1 is 1.58 bits per heavy atom. The summed E-state index contributed by atoms with van der Waals surface area (Å²) >= 11 is 4.26. The summed E-state index contributed by atoms with van der Waals surface area (Å²) in [5, 5.41) is 0. The lowest BCUT2D eigenvalue weighted by Crippen LogP contribution is -2.14. The fraction of sp³-hybridized carbons (Fsp3) is 1.00. The molecule has 0 saturated heterocycles. The largest absolute Gasteiger partial charge is 0.179 e. The molecule has 0 bridgehead atoms. The number of rotatable bonds is 5. The lowest BCUT2D eigenvalue weighted by Gasteiger charge is -2.22. The zero-order valence-corrected chi connectivity index (χ0v) is 9.53. The molecule has 0 aliphatic heterocycles. The molecule has 0 amide bonds. The van der Waals surface area contributed by atoms with Gasteiger partial charge < -0.3 is 0 Å². The van der Waals surface area contributed by atoms with Crippen LogP contribution in [-0.4, -0.2) is 5.75 Å². The van der Waals surface area contributed by atoms with Gasteiger partial charge >= 0.3 is 0 Å². The summed E-state index contributed by atoms with van der Waals surface area (Å²) in [4.78, 5) is 0. The second-order valence-corrected chi connectivity index (χ2v) is 4.91. The topological polar surface area (TPSA) is 0 Å². The molecular weight excluding hydrogens is 164 g/mol. The summed E-state index contributed by atoms with van der Waals surface area (Å²) in [5.41, 5.74) is 0.725. The number of hydrogen-bond acceptors (Lipinski definition) is 1. The molecule has 3 unspecified atom stereocenters. The molecule has 0 N–H and O–H groups in total. The molecule has 12 heavy (non-hydrogen) atoms. The predicted molar refractivity (Wildman–Crippen MR) is 58.8 cm³/mol. The van der Waals surface area contributed by atoms with E-state index in [1.54, 1.807) is 0 Å². The average molecular weight is 186 g/mol. The highest BCUT2D eigenvalue weighted by Crippen LogP contribution is 2.60. The van der Waals surface area contributed by atoms with Gasteiger partial charge in [-0.25, -0.2) is 0 Å². The van der Waals surface area contributed by atoms with Gasteiger partial charge in [-0.1, -0.05) is 20.8 Å². The Balaban J connectivity index is 2.35. The van der Waals surface area contributed by atoms with Gasteiger partial charge in [0.05, 0.1) is 0 Å². The summed E-state index contributed by atoms with van der Waals surface area (Å²) in [6.07, 6.45) is 5.51. The monoisotopic (exact) mass is 186 g/mol. The summed E-state index contributed by atoms with van der Waals surface area (Å²) in [6, 6.07) is 0. The normalized spacial score (nSPS) is 36.5. The van der Waals surface area contributed by atoms with Crippen LogP contribution in [0.5, 0.6) is 0 Å². The third-order valence-corrected chi connectivity index (χ3v) is 4.26. The van der Waals surface area contributed by atoms with Crippen LogP contribution in [0.4, 0.5) is 0 Å². The van der Waals surface area contributed by atoms with Crippen molar-refractivity contribution >= 4 is 12.6 Å². The molecular formula is C11H22S. The summed E-state index contributed by atoms with van der Waals surface area (Å²) < 4.78 is 0. The average Bonchev–Trinajstić information content (AvgIpc) is 2.74. The second-order valence-electron chi connectivity index (χ2n) is 4.46. The summed E-state index contributed by atoms with van der Waals surface area (Å²) in [7, 11) is 0. The van der Waals surface area contributed by atoms with Crippen molar-refractivity contribution < 1.29 is 0 Å². The molecule has 0 aromatic heterocycles. The van der Waals surface area contributed by atoms with Crippen LogP contribution >= 0.6 is 12.6 Å². The van der Waals surface area contributed by atoms with Crippen LogP contribution in [0.2, 0.25) is 0 Å². The van der Waals surface area contributed by atoms with Crippen molar-refractivity contribution in [2.24, 2.45) is 17.3 Å². The van der Waals surface area contributed by atoms with Crippen molar-refractivity contribution in [1.29, 1.82) is 0 Å². The SMILES string of the molecule is CCC1(C(C)CCCS)CC1C. The maximum absolute atomic E-state index is 4.26. The molecule has 0 aromatic carbocycles. The van der Waals surface area contributed by atoms with E-state index < -0.39 is 0 Å². The van der Waals surface area contributed by atoms with E-state index in [1.165, 1.54) is 25.7 Å². The Morgan fingerprint density at radius 2 is 2.17 bits per heavy atom. The fourth-order valence-electron chi connectivity index (χ4n) is 2.72. The van der Waals surface area contributed by atoms with E-state index >= 15 is 0 Å². The molecule has 1 saturated carbocycles. The van der Waals surface area contributed by atoms with Crippen molar-refractivity contribution in [3.63, 3.8) is 0 Å². The van der Waals surface area contributed by atoms with Crippen molar-refractivity contribution in [2.45, 2.75) is 46.5 Å². The van der Waals surface area contributed by atoms with E-state index in [-0.39, 0.29) is 0 Å². The predicted octanol–water partition coefficient (Wildman–Crippen LogP) is 3.77. The lowest BCUT2D eigenvalue weighted by molar-refractivity contribution is 0.278. The molecule has 72 valence electrons. The van der Waals surface area contributed by atoms with Gasteiger partial charge in [0.1, 0.15) is 0 Å². The van der Waals surface area contributed by atoms with Gasteiger partial charge in [0, 0.05) is 0 Å². The molecule has 1 aliphatic carbocycles. The van der Waals surface area contributed by atoms with E-state index in [2.05, 4.69) is 33.4 Å². The minimum absolute atomic E-state index is 0.725. The van der Waals surface area contributed by atoms with Crippen molar-refractivity contribution in [1.82, 2.24) is 0 Å². The van der Waals surface area contributed by atoms with E-state index in [0.29, 0.717) is 0 Å². The first-order chi connectivity index (χ1) is 5.67. The van der Waals surface area contributed by atoms with Gasteiger partial charge in [0.25, 0.3) is 0 Å². The summed E-state index contributed by atoms with van der Waals surface area (Å²) in [5.74, 6) is 2.96. The Morgan fingerprint density at radius 3 is 2.50 bits per heavy atom. The molecule has 0 spiro atoms. The van der Waals surface area contributed by atoms with Gasteiger partial charge in [0.2, 0.25) is 0 Å². The zero-order chi connectivity index (χ0) is 9.19. The van der Waals surface area contributed by atoms with E-state index in [0.717, 1.165) is 23.0 Å². The standard InChI is InChI=1S/C11H22S/c1-4-11(8-10(11)3)9(2)6-5-7-12/h9-10,12H,4-8H2,1-3H3. The highest BCUT2D eigenvalue weighted by molar-refractivity contribution is 7.80. The Hall–Kier alpha value is 0.350. The number of hydrogen-bond donors (Lipinski definition) is 1. The smallest absolute Gasteiger partial charge is 0.00978 e. The molecule has 0 heterocycles. The highest BCUT2D eigenvalue weighted by atomic mass is 32.1. The molecule has 1 heteroatoms. The van der Waals surface area contributed by atoms with Crippen LogP contribution < -0.4 is 0 Å². The summed E-state index contributed by atoms with van der Waals surface area (Å²) in [6.45, 7) is 7.18. The van der Waals surface area contributed by atoms with Crippen LogP contribution in [0.3, 0.4) is 0 Å². The van der Waals surface area contributed by atoms with E-state index in [9.17, 15) is 0 Å². The van der Waals surface area contributed by atoms with E-state index in [1.807, 2.05) is 0 Å². The first-order valence-electron chi connectivity index (χ1n) is 5.28. The molecule has 0 radical (unpaired) electrons.